The number of carbonyl (C=O) groups is 2. The summed E-state index contributed by atoms with van der Waals surface area (Å²) in [5, 5.41) is 7.77. The number of nitrogens with zero attached hydrogens (tertiary/aromatic N) is 1. The Morgan fingerprint density at radius 1 is 1.36 bits per heavy atom. The van der Waals surface area contributed by atoms with Gasteiger partial charge in [0.2, 0.25) is 5.91 Å². The van der Waals surface area contributed by atoms with Gasteiger partial charge in [0.1, 0.15) is 5.17 Å². The fourth-order valence-electron chi connectivity index (χ4n) is 3.17. The summed E-state index contributed by atoms with van der Waals surface area (Å²) in [6.45, 7) is 5.31. The minimum Gasteiger partial charge on any atom is -0.461 e. The highest BCUT2D eigenvalue weighted by Crippen LogP contribution is 2.22. The third-order valence-corrected chi connectivity index (χ3v) is 4.80. The summed E-state index contributed by atoms with van der Waals surface area (Å²) in [6.07, 6.45) is 1.70. The number of H-pyrrole nitrogens is 1. The fourth-order valence-corrected chi connectivity index (χ4v) is 3.36. The largest absolute Gasteiger partial charge is 0.461 e. The molecule has 1 aromatic carbocycles. The maximum atomic E-state index is 12.8. The summed E-state index contributed by atoms with van der Waals surface area (Å²) < 4.78 is 5.27. The first-order valence-electron chi connectivity index (χ1n) is 9.29. The Kier molecular flexibility index (Phi) is 6.24. The number of hydrogen-bond acceptors (Lipinski definition) is 5. The van der Waals surface area contributed by atoms with Crippen molar-refractivity contribution in [2.45, 2.75) is 51.9 Å². The number of oxime groups is 1. The van der Waals surface area contributed by atoms with Crippen LogP contribution in [0.2, 0.25) is 0 Å². The zero-order valence-electron chi connectivity index (χ0n) is 16.1. The van der Waals surface area contributed by atoms with E-state index in [1.54, 1.807) is 13.8 Å². The number of fused-ring (bicyclic) bond motifs is 1. The van der Waals surface area contributed by atoms with Gasteiger partial charge in [0.05, 0.1) is 6.10 Å². The lowest BCUT2D eigenvalue weighted by molar-refractivity contribution is -0.156. The van der Waals surface area contributed by atoms with Crippen molar-refractivity contribution < 1.29 is 19.2 Å². The summed E-state index contributed by atoms with van der Waals surface area (Å²) in [5.74, 6) is -1.18. The van der Waals surface area contributed by atoms with Gasteiger partial charge in [-0.15, -0.1) is 0 Å². The van der Waals surface area contributed by atoms with Gasteiger partial charge in [0, 0.05) is 29.4 Å². The maximum Gasteiger partial charge on any atom is 0.332 e. The van der Waals surface area contributed by atoms with E-state index < -0.39 is 18.1 Å². The highest BCUT2D eigenvalue weighted by atomic mass is 35.5. The third kappa shape index (κ3) is 4.65. The van der Waals surface area contributed by atoms with Crippen LogP contribution in [0.15, 0.2) is 35.6 Å². The van der Waals surface area contributed by atoms with E-state index in [0.29, 0.717) is 6.42 Å². The number of hydrogen-bond donors (Lipinski definition) is 2. The summed E-state index contributed by atoms with van der Waals surface area (Å²) in [7, 11) is 0. The number of rotatable bonds is 7. The van der Waals surface area contributed by atoms with Crippen LogP contribution in [0.1, 0.15) is 32.8 Å². The number of nitrogens with one attached hydrogen (secondary N) is 2. The van der Waals surface area contributed by atoms with Crippen LogP contribution >= 0.6 is 11.6 Å². The predicted octanol–water partition coefficient (Wildman–Crippen LogP) is 3.12. The number of aromatic nitrogens is 1. The molecule has 28 heavy (non-hydrogen) atoms. The Hall–Kier alpha value is -2.54. The van der Waals surface area contributed by atoms with Crippen molar-refractivity contribution in [3.63, 3.8) is 0 Å². The Morgan fingerprint density at radius 2 is 2.11 bits per heavy atom. The lowest BCUT2D eigenvalue weighted by Gasteiger charge is -2.24. The fraction of sp³-hybridized carbons (Fsp3) is 0.450. The third-order valence-electron chi connectivity index (χ3n) is 4.58. The second-order valence-electron chi connectivity index (χ2n) is 7.25. The van der Waals surface area contributed by atoms with Crippen LogP contribution in [0.25, 0.3) is 10.9 Å². The van der Waals surface area contributed by atoms with Crippen molar-refractivity contribution in [3.05, 3.63) is 36.0 Å². The van der Waals surface area contributed by atoms with Crippen molar-refractivity contribution in [3.8, 4) is 0 Å². The molecule has 0 saturated carbocycles. The lowest BCUT2D eigenvalue weighted by Crippen LogP contribution is -2.51. The predicted molar refractivity (Wildman–Crippen MR) is 107 cm³/mol. The van der Waals surface area contributed by atoms with Gasteiger partial charge in [0.15, 0.2) is 12.1 Å². The van der Waals surface area contributed by atoms with Gasteiger partial charge < -0.3 is 19.9 Å². The highest BCUT2D eigenvalue weighted by molar-refractivity contribution is 6.65. The number of amides is 1. The van der Waals surface area contributed by atoms with Gasteiger partial charge >= 0.3 is 5.97 Å². The second kappa shape index (κ2) is 8.65. The molecule has 1 aliphatic rings. The van der Waals surface area contributed by atoms with Gasteiger partial charge in [-0.3, -0.25) is 4.79 Å². The van der Waals surface area contributed by atoms with Crippen LogP contribution in [0, 0.1) is 5.92 Å². The van der Waals surface area contributed by atoms with Crippen LogP contribution < -0.4 is 5.32 Å². The van der Waals surface area contributed by atoms with Crippen molar-refractivity contribution in [1.82, 2.24) is 10.3 Å². The summed E-state index contributed by atoms with van der Waals surface area (Å²) >= 11 is 5.87. The van der Waals surface area contributed by atoms with Crippen LogP contribution in [-0.2, 0) is 25.6 Å². The Balaban J connectivity index is 1.69. The molecule has 0 saturated heterocycles. The van der Waals surface area contributed by atoms with E-state index in [2.05, 4.69) is 15.5 Å². The molecule has 150 valence electrons. The standard InChI is InChI=1S/C20H24ClN3O4/c1-11(2)27-20(26)18(16-9-17(21)24-28-16)23-19(25)12(3)8-13-10-22-15-7-5-4-6-14(13)15/h4-7,10-12,16,18,22H,8-9H2,1-3H3,(H,23,25)/t12-,16+,18+/m1/s1. The van der Waals surface area contributed by atoms with E-state index in [-0.39, 0.29) is 29.5 Å². The van der Waals surface area contributed by atoms with E-state index in [1.807, 2.05) is 37.4 Å². The Bertz CT molecular complexity index is 892. The van der Waals surface area contributed by atoms with Gasteiger partial charge in [-0.2, -0.15) is 0 Å². The Labute approximate surface area is 168 Å². The Morgan fingerprint density at radius 3 is 2.79 bits per heavy atom. The monoisotopic (exact) mass is 405 g/mol. The second-order valence-corrected chi connectivity index (χ2v) is 7.69. The molecule has 1 amide bonds. The molecule has 3 rings (SSSR count). The highest BCUT2D eigenvalue weighted by Gasteiger charge is 2.38. The minimum atomic E-state index is -0.972. The molecule has 2 aromatic rings. The number of benzene rings is 1. The first-order chi connectivity index (χ1) is 13.3. The molecule has 0 fully saturated rings. The van der Waals surface area contributed by atoms with Crippen molar-refractivity contribution in [2.24, 2.45) is 11.1 Å². The molecular formula is C20H24ClN3O4. The molecule has 3 atom stereocenters. The van der Waals surface area contributed by atoms with Crippen molar-refractivity contribution in [1.29, 1.82) is 0 Å². The van der Waals surface area contributed by atoms with Crippen LogP contribution in [-0.4, -0.2) is 40.3 Å². The average molecular weight is 406 g/mol. The number of esters is 1. The normalized spacial score (nSPS) is 18.5. The molecular weight excluding hydrogens is 382 g/mol. The van der Waals surface area contributed by atoms with Crippen LogP contribution in [0.4, 0.5) is 0 Å². The van der Waals surface area contributed by atoms with E-state index in [1.165, 1.54) is 0 Å². The molecule has 0 spiro atoms. The van der Waals surface area contributed by atoms with Crippen LogP contribution in [0.5, 0.6) is 0 Å². The van der Waals surface area contributed by atoms with Crippen molar-refractivity contribution >= 4 is 39.6 Å². The lowest BCUT2D eigenvalue weighted by atomic mass is 9.99. The SMILES string of the molecule is CC(C)OC(=O)[C@@H](NC(=O)[C@H](C)Cc1c[nH]c2ccccc12)[C@@H]1CC(Cl)=NO1. The smallest absolute Gasteiger partial charge is 0.332 e. The van der Waals surface area contributed by atoms with E-state index in [9.17, 15) is 9.59 Å². The summed E-state index contributed by atoms with van der Waals surface area (Å²) in [4.78, 5) is 33.7. The number of halogens is 1. The minimum absolute atomic E-state index is 0.247. The summed E-state index contributed by atoms with van der Waals surface area (Å²) in [5.41, 5.74) is 2.07. The molecule has 1 aromatic heterocycles. The molecule has 0 bridgehead atoms. The molecule has 0 aliphatic carbocycles. The van der Waals surface area contributed by atoms with Gasteiger partial charge in [0.25, 0.3) is 0 Å². The molecule has 0 radical (unpaired) electrons. The average Bonchev–Trinajstić information content (AvgIpc) is 3.25. The number of para-hydroxylation sites is 1. The number of ether oxygens (including phenoxy) is 1. The molecule has 2 heterocycles. The zero-order valence-corrected chi connectivity index (χ0v) is 16.8. The maximum absolute atomic E-state index is 12.8. The molecule has 7 nitrogen and oxygen atoms in total. The van der Waals surface area contributed by atoms with Gasteiger partial charge in [-0.1, -0.05) is 41.9 Å². The zero-order chi connectivity index (χ0) is 20.3. The molecule has 2 N–H and O–H groups in total. The van der Waals surface area contributed by atoms with Crippen molar-refractivity contribution in [2.75, 3.05) is 0 Å². The summed E-state index contributed by atoms with van der Waals surface area (Å²) in [6, 6.07) is 6.95. The van der Waals surface area contributed by atoms with E-state index in [0.717, 1.165) is 16.5 Å². The van der Waals surface area contributed by atoms with E-state index >= 15 is 0 Å². The molecule has 0 unspecified atom stereocenters. The van der Waals surface area contributed by atoms with Gasteiger partial charge in [-0.05, 0) is 31.9 Å². The first-order valence-corrected chi connectivity index (χ1v) is 9.67. The topological polar surface area (TPSA) is 92.8 Å². The molecule has 1 aliphatic heterocycles. The first kappa shape index (κ1) is 20.2. The van der Waals surface area contributed by atoms with Gasteiger partial charge in [-0.25, -0.2) is 4.79 Å². The molecule has 8 heteroatoms. The quantitative estimate of drug-likeness (QED) is 0.692. The van der Waals surface area contributed by atoms with Crippen LogP contribution in [0.3, 0.4) is 0 Å². The number of carbonyl (C=O) groups excluding carboxylic acids is 2. The van der Waals surface area contributed by atoms with E-state index in [4.69, 9.17) is 21.2 Å². The number of aromatic amines is 1.